The van der Waals surface area contributed by atoms with Gasteiger partial charge in [0.15, 0.2) is 11.5 Å². The number of hydrogen-bond donors (Lipinski definition) is 3. The fourth-order valence-corrected chi connectivity index (χ4v) is 3.14. The maximum atomic E-state index is 8.31. The number of ether oxygens (including phenoxy) is 1. The highest BCUT2D eigenvalue weighted by Crippen LogP contribution is 2.28. The molecular formula is C19H24N8O2. The number of rotatable bonds is 5. The van der Waals surface area contributed by atoms with Crippen LogP contribution in [0.3, 0.4) is 0 Å². The van der Waals surface area contributed by atoms with Gasteiger partial charge in [0.25, 0.3) is 0 Å². The highest BCUT2D eigenvalue weighted by Gasteiger charge is 2.16. The number of nitrogens with zero attached hydrogens (tertiary/aromatic N) is 6. The minimum Gasteiger partial charge on any atom is -0.394 e. The topological polar surface area (TPSA) is 128 Å². The molecule has 1 saturated carbocycles. The van der Waals surface area contributed by atoms with Crippen molar-refractivity contribution in [1.82, 2.24) is 29.2 Å². The second kappa shape index (κ2) is 8.41. The summed E-state index contributed by atoms with van der Waals surface area (Å²) in [6, 6.07) is 5.71. The normalized spacial score (nSPS) is 13.9. The van der Waals surface area contributed by atoms with Crippen LogP contribution in [0.1, 0.15) is 19.3 Å². The summed E-state index contributed by atoms with van der Waals surface area (Å²) in [5.74, 6) is 0.880. The molecule has 1 aliphatic carbocycles. The van der Waals surface area contributed by atoms with Crippen molar-refractivity contribution in [2.24, 2.45) is 0 Å². The molecule has 10 heteroatoms. The van der Waals surface area contributed by atoms with Gasteiger partial charge in [0.05, 0.1) is 31.2 Å². The average Bonchev–Trinajstić information content (AvgIpc) is 3.32. The highest BCUT2D eigenvalue weighted by molar-refractivity contribution is 5.87. The van der Waals surface area contributed by atoms with Crippen LogP contribution in [-0.2, 0) is 4.74 Å². The predicted molar refractivity (Wildman–Crippen MR) is 110 cm³/mol. The molecule has 0 spiro atoms. The lowest BCUT2D eigenvalue weighted by Crippen LogP contribution is -2.22. The molecule has 0 saturated heterocycles. The van der Waals surface area contributed by atoms with Crippen LogP contribution in [0.5, 0.6) is 0 Å². The third-order valence-corrected chi connectivity index (χ3v) is 4.80. The van der Waals surface area contributed by atoms with Gasteiger partial charge >= 0.3 is 0 Å². The van der Waals surface area contributed by atoms with E-state index in [-0.39, 0.29) is 12.6 Å². The lowest BCUT2D eigenvalue weighted by atomic mass is 9.96. The molecule has 4 N–H and O–H groups in total. The van der Waals surface area contributed by atoms with Crippen LogP contribution >= 0.6 is 0 Å². The zero-order chi connectivity index (χ0) is 20.2. The molecule has 0 aromatic carbocycles. The number of hydrogen-bond acceptors (Lipinski definition) is 8. The third-order valence-electron chi connectivity index (χ3n) is 4.80. The molecular weight excluding hydrogens is 372 g/mol. The summed E-state index contributed by atoms with van der Waals surface area (Å²) >= 11 is 0. The number of nitrogen functional groups attached to an aromatic ring is 1. The maximum absolute atomic E-state index is 8.31. The van der Waals surface area contributed by atoms with E-state index < -0.39 is 0 Å². The van der Waals surface area contributed by atoms with Crippen LogP contribution in [0.2, 0.25) is 0 Å². The average molecular weight is 396 g/mol. The van der Waals surface area contributed by atoms with E-state index in [1.807, 2.05) is 30.6 Å². The van der Waals surface area contributed by atoms with Crippen molar-refractivity contribution in [1.29, 1.82) is 0 Å². The second-order valence-electron chi connectivity index (χ2n) is 6.69. The predicted octanol–water partition coefficient (Wildman–Crippen LogP) is 1.61. The number of nitrogens with two attached hydrogens (primary N) is 1. The van der Waals surface area contributed by atoms with Crippen molar-refractivity contribution in [3.05, 3.63) is 36.8 Å². The Kier molecular flexibility index (Phi) is 5.54. The van der Waals surface area contributed by atoms with E-state index in [2.05, 4.69) is 25.5 Å². The van der Waals surface area contributed by atoms with E-state index in [9.17, 15) is 0 Å². The van der Waals surface area contributed by atoms with Gasteiger partial charge in [0.2, 0.25) is 5.95 Å². The van der Waals surface area contributed by atoms with Crippen LogP contribution in [0.15, 0.2) is 36.8 Å². The largest absolute Gasteiger partial charge is 0.394 e. The van der Waals surface area contributed by atoms with Gasteiger partial charge in [-0.05, 0) is 31.4 Å². The summed E-state index contributed by atoms with van der Waals surface area (Å²) in [5.41, 5.74) is 9.08. The molecule has 1 aliphatic rings. The Morgan fingerprint density at radius 1 is 1.21 bits per heavy atom. The zero-order valence-corrected chi connectivity index (χ0v) is 16.2. The lowest BCUT2D eigenvalue weighted by molar-refractivity contribution is -0.0138. The number of anilines is 2. The molecule has 4 aromatic heterocycles. The number of aliphatic hydroxyl groups excluding tert-OH is 1. The van der Waals surface area contributed by atoms with Gasteiger partial charge in [-0.15, -0.1) is 5.10 Å². The van der Waals surface area contributed by atoms with Crippen LogP contribution < -0.4 is 11.1 Å². The van der Waals surface area contributed by atoms with Gasteiger partial charge in [0.1, 0.15) is 5.52 Å². The second-order valence-corrected chi connectivity index (χ2v) is 6.69. The Labute approximate surface area is 167 Å². The standard InChI is InChI=1S/C13H12N8.C6H12O2/c1-15-12-11-8(3-6-21(11)19-13(14)18-12)9-4-7-20-10(17-9)2-5-16-20;7-4-5-8-6-2-1-3-6/h2-7H,1H3,(H3,14,15,18,19);6-7H,1-5H2. The Bertz CT molecular complexity index is 1100. The summed E-state index contributed by atoms with van der Waals surface area (Å²) in [6.07, 6.45) is 9.59. The minimum absolute atomic E-state index is 0.163. The number of aliphatic hydroxyl groups is 1. The molecule has 4 heterocycles. The van der Waals surface area contributed by atoms with Gasteiger partial charge in [-0.25, -0.2) is 14.0 Å². The SMILES string of the molecule is CNc1nc(N)nn2ccc(-c3ccn4nccc4n3)c12.OCCOC1CCC1. The Hall–Kier alpha value is -3.24. The molecule has 5 rings (SSSR count). The Morgan fingerprint density at radius 3 is 2.76 bits per heavy atom. The first-order chi connectivity index (χ1) is 14.2. The molecule has 0 aliphatic heterocycles. The van der Waals surface area contributed by atoms with Crippen LogP contribution in [0.25, 0.3) is 22.4 Å². The van der Waals surface area contributed by atoms with E-state index >= 15 is 0 Å². The summed E-state index contributed by atoms with van der Waals surface area (Å²) in [4.78, 5) is 8.82. The molecule has 29 heavy (non-hydrogen) atoms. The first kappa shape index (κ1) is 19.1. The van der Waals surface area contributed by atoms with Crippen molar-refractivity contribution in [3.63, 3.8) is 0 Å². The molecule has 0 amide bonds. The number of nitrogens with one attached hydrogen (secondary N) is 1. The fourth-order valence-electron chi connectivity index (χ4n) is 3.14. The first-order valence-corrected chi connectivity index (χ1v) is 9.55. The van der Waals surface area contributed by atoms with Crippen molar-refractivity contribution in [3.8, 4) is 11.3 Å². The highest BCUT2D eigenvalue weighted by atomic mass is 16.5. The van der Waals surface area contributed by atoms with Crippen LogP contribution in [0, 0.1) is 0 Å². The minimum atomic E-state index is 0.163. The molecule has 0 atom stereocenters. The van der Waals surface area contributed by atoms with E-state index in [0.29, 0.717) is 18.5 Å². The van der Waals surface area contributed by atoms with Gasteiger partial charge in [-0.3, -0.25) is 0 Å². The van der Waals surface area contributed by atoms with Gasteiger partial charge < -0.3 is 20.9 Å². The molecule has 0 unspecified atom stereocenters. The molecule has 10 nitrogen and oxygen atoms in total. The Balaban J connectivity index is 0.000000216. The summed E-state index contributed by atoms with van der Waals surface area (Å²) in [6.45, 7) is 0.682. The quantitative estimate of drug-likeness (QED) is 0.464. The monoisotopic (exact) mass is 396 g/mol. The van der Waals surface area contributed by atoms with E-state index in [1.54, 1.807) is 22.3 Å². The van der Waals surface area contributed by atoms with Crippen molar-refractivity contribution in [2.75, 3.05) is 31.3 Å². The molecule has 0 bridgehead atoms. The van der Waals surface area contributed by atoms with Crippen LogP contribution in [0.4, 0.5) is 11.8 Å². The lowest BCUT2D eigenvalue weighted by Gasteiger charge is -2.24. The fraction of sp³-hybridized carbons (Fsp3) is 0.368. The molecule has 0 radical (unpaired) electrons. The first-order valence-electron chi connectivity index (χ1n) is 9.55. The summed E-state index contributed by atoms with van der Waals surface area (Å²) < 4.78 is 8.59. The molecule has 1 fully saturated rings. The summed E-state index contributed by atoms with van der Waals surface area (Å²) in [7, 11) is 1.80. The van der Waals surface area contributed by atoms with Gasteiger partial charge in [-0.2, -0.15) is 10.1 Å². The smallest absolute Gasteiger partial charge is 0.240 e. The van der Waals surface area contributed by atoms with Gasteiger partial charge in [-0.1, -0.05) is 0 Å². The number of fused-ring (bicyclic) bond motifs is 2. The van der Waals surface area contributed by atoms with E-state index in [1.165, 1.54) is 19.3 Å². The third kappa shape index (κ3) is 3.98. The summed E-state index contributed by atoms with van der Waals surface area (Å²) in [5, 5.41) is 19.7. The maximum Gasteiger partial charge on any atom is 0.240 e. The Morgan fingerprint density at radius 2 is 2.03 bits per heavy atom. The van der Waals surface area contributed by atoms with E-state index in [0.717, 1.165) is 22.4 Å². The van der Waals surface area contributed by atoms with Crippen molar-refractivity contribution < 1.29 is 9.84 Å². The molecule has 4 aromatic rings. The van der Waals surface area contributed by atoms with Crippen molar-refractivity contribution in [2.45, 2.75) is 25.4 Å². The van der Waals surface area contributed by atoms with Crippen molar-refractivity contribution >= 4 is 22.9 Å². The van der Waals surface area contributed by atoms with E-state index in [4.69, 9.17) is 15.6 Å². The van der Waals surface area contributed by atoms with Gasteiger partial charge in [0, 0.05) is 31.1 Å². The number of aromatic nitrogens is 6. The van der Waals surface area contributed by atoms with Crippen LogP contribution in [-0.4, -0.2) is 60.7 Å². The molecule has 152 valence electrons. The zero-order valence-electron chi connectivity index (χ0n) is 16.2.